The molecule has 0 unspecified atom stereocenters. The first-order chi connectivity index (χ1) is 10.7. The topological polar surface area (TPSA) is 66.6 Å². The highest BCUT2D eigenvalue weighted by Crippen LogP contribution is 2.36. The molecule has 5 nitrogen and oxygen atoms in total. The van der Waals surface area contributed by atoms with Crippen molar-refractivity contribution < 1.29 is 9.47 Å². The summed E-state index contributed by atoms with van der Waals surface area (Å²) in [7, 11) is 1.55. The Bertz CT molecular complexity index is 697. The number of benzene rings is 2. The van der Waals surface area contributed by atoms with Crippen LogP contribution in [0.4, 0.5) is 5.69 Å². The molecule has 2 aromatic carbocycles. The van der Waals surface area contributed by atoms with Crippen LogP contribution in [0.2, 0.25) is 0 Å². The molecule has 0 saturated heterocycles. The van der Waals surface area contributed by atoms with Crippen LogP contribution in [0.5, 0.6) is 11.5 Å². The van der Waals surface area contributed by atoms with Gasteiger partial charge in [0.2, 0.25) is 0 Å². The van der Waals surface area contributed by atoms with Gasteiger partial charge in [0.15, 0.2) is 18.1 Å². The maximum Gasteiger partial charge on any atom is 0.176 e. The predicted octanol–water partition coefficient (Wildman–Crippen LogP) is 3.81. The van der Waals surface area contributed by atoms with Crippen LogP contribution in [0.3, 0.4) is 0 Å². The van der Waals surface area contributed by atoms with E-state index in [9.17, 15) is 0 Å². The fraction of sp³-hybridized carbons (Fsp3) is 0.125. The summed E-state index contributed by atoms with van der Waals surface area (Å²) in [6.45, 7) is -0.0437. The monoisotopic (exact) mass is 359 g/mol. The van der Waals surface area contributed by atoms with Gasteiger partial charge in [0.25, 0.3) is 0 Å². The van der Waals surface area contributed by atoms with E-state index in [-0.39, 0.29) is 6.61 Å². The van der Waals surface area contributed by atoms with Gasteiger partial charge in [-0.15, -0.1) is 0 Å². The zero-order valence-electron chi connectivity index (χ0n) is 11.9. The number of nitriles is 1. The number of nitrogens with one attached hydrogen (secondary N) is 1. The van der Waals surface area contributed by atoms with E-state index in [4.69, 9.17) is 14.7 Å². The molecule has 0 aliphatic heterocycles. The first-order valence-corrected chi connectivity index (χ1v) is 7.25. The second-order valence-electron chi connectivity index (χ2n) is 4.22. The Hall–Kier alpha value is -2.52. The lowest BCUT2D eigenvalue weighted by atomic mass is 10.2. The molecule has 0 heterocycles. The number of para-hydroxylation sites is 1. The summed E-state index contributed by atoms with van der Waals surface area (Å²) in [5.74, 6) is 1.03. The molecule has 0 bridgehead atoms. The summed E-state index contributed by atoms with van der Waals surface area (Å²) in [5.41, 5.74) is 4.67. The van der Waals surface area contributed by atoms with E-state index in [1.54, 1.807) is 19.4 Å². The van der Waals surface area contributed by atoms with Crippen molar-refractivity contribution in [3.63, 3.8) is 0 Å². The van der Waals surface area contributed by atoms with Gasteiger partial charge in [-0.1, -0.05) is 18.2 Å². The summed E-state index contributed by atoms with van der Waals surface area (Å²) in [4.78, 5) is 0. The summed E-state index contributed by atoms with van der Waals surface area (Å²) in [6.07, 6.45) is 1.67. The normalized spacial score (nSPS) is 10.2. The largest absolute Gasteiger partial charge is 0.493 e. The Morgan fingerprint density at radius 3 is 2.77 bits per heavy atom. The number of anilines is 1. The van der Waals surface area contributed by atoms with Crippen molar-refractivity contribution in [3.05, 3.63) is 52.5 Å². The molecule has 0 saturated carbocycles. The fourth-order valence-electron chi connectivity index (χ4n) is 1.75. The van der Waals surface area contributed by atoms with Crippen molar-refractivity contribution >= 4 is 27.8 Å². The van der Waals surface area contributed by atoms with Gasteiger partial charge in [-0.05, 0) is 45.8 Å². The Balaban J connectivity index is 2.15. The Kier molecular flexibility index (Phi) is 5.81. The molecule has 0 fully saturated rings. The number of methoxy groups -OCH3 is 1. The molecule has 22 heavy (non-hydrogen) atoms. The number of hydrazone groups is 1. The maximum atomic E-state index is 8.60. The molecule has 2 aromatic rings. The second-order valence-corrected chi connectivity index (χ2v) is 5.07. The lowest BCUT2D eigenvalue weighted by Gasteiger charge is -2.11. The van der Waals surface area contributed by atoms with Gasteiger partial charge < -0.3 is 9.47 Å². The molecule has 0 aliphatic carbocycles. The molecule has 0 spiro atoms. The molecular formula is C16H14BrN3O2. The SMILES string of the molecule is COc1cc(C=NNc2ccccc2)cc(Br)c1OCC#N. The third kappa shape index (κ3) is 4.24. The Morgan fingerprint density at radius 1 is 1.32 bits per heavy atom. The standard InChI is InChI=1S/C16H14BrN3O2/c1-21-15-10-12(9-14(17)16(15)22-8-7-18)11-19-20-13-5-3-2-4-6-13/h2-6,9-11,20H,8H2,1H3. The lowest BCUT2D eigenvalue weighted by Crippen LogP contribution is -1.99. The smallest absolute Gasteiger partial charge is 0.176 e. The van der Waals surface area contributed by atoms with Gasteiger partial charge in [-0.25, -0.2) is 0 Å². The number of nitrogens with zero attached hydrogens (tertiary/aromatic N) is 2. The van der Waals surface area contributed by atoms with E-state index in [2.05, 4.69) is 26.5 Å². The number of hydrogen-bond donors (Lipinski definition) is 1. The lowest BCUT2D eigenvalue weighted by molar-refractivity contribution is 0.327. The third-order valence-corrected chi connectivity index (χ3v) is 3.30. The minimum atomic E-state index is -0.0437. The van der Waals surface area contributed by atoms with Crippen LogP contribution in [0.1, 0.15) is 5.56 Å². The first-order valence-electron chi connectivity index (χ1n) is 6.46. The van der Waals surface area contributed by atoms with Crippen molar-refractivity contribution in [2.75, 3.05) is 19.1 Å². The van der Waals surface area contributed by atoms with E-state index in [0.29, 0.717) is 16.0 Å². The minimum absolute atomic E-state index is 0.0437. The number of halogens is 1. The molecule has 0 radical (unpaired) electrons. The van der Waals surface area contributed by atoms with E-state index < -0.39 is 0 Å². The van der Waals surface area contributed by atoms with Crippen molar-refractivity contribution in [3.8, 4) is 17.6 Å². The molecule has 1 N–H and O–H groups in total. The fourth-order valence-corrected chi connectivity index (χ4v) is 2.33. The molecular weight excluding hydrogens is 346 g/mol. The summed E-state index contributed by atoms with van der Waals surface area (Å²) < 4.78 is 11.3. The average molecular weight is 360 g/mol. The van der Waals surface area contributed by atoms with Gasteiger partial charge in [-0.3, -0.25) is 5.43 Å². The predicted molar refractivity (Wildman–Crippen MR) is 89.5 cm³/mol. The molecule has 0 atom stereocenters. The van der Waals surface area contributed by atoms with E-state index in [1.165, 1.54) is 0 Å². The van der Waals surface area contributed by atoms with Gasteiger partial charge in [0, 0.05) is 0 Å². The maximum absolute atomic E-state index is 8.60. The van der Waals surface area contributed by atoms with Crippen LogP contribution >= 0.6 is 15.9 Å². The quantitative estimate of drug-likeness (QED) is 0.629. The van der Waals surface area contributed by atoms with Gasteiger partial charge in [0.1, 0.15) is 6.07 Å². The van der Waals surface area contributed by atoms with Crippen molar-refractivity contribution in [1.29, 1.82) is 5.26 Å². The highest BCUT2D eigenvalue weighted by molar-refractivity contribution is 9.10. The average Bonchev–Trinajstić information content (AvgIpc) is 2.54. The van der Waals surface area contributed by atoms with Crippen LogP contribution in [-0.4, -0.2) is 19.9 Å². The van der Waals surface area contributed by atoms with Crippen LogP contribution < -0.4 is 14.9 Å². The van der Waals surface area contributed by atoms with Gasteiger partial charge in [-0.2, -0.15) is 10.4 Å². The first kappa shape index (κ1) is 15.9. The Labute approximate surface area is 137 Å². The number of hydrogen-bond acceptors (Lipinski definition) is 5. The summed E-state index contributed by atoms with van der Waals surface area (Å²) in [5, 5.41) is 12.8. The van der Waals surface area contributed by atoms with Crippen LogP contribution in [-0.2, 0) is 0 Å². The van der Waals surface area contributed by atoms with Gasteiger partial charge >= 0.3 is 0 Å². The van der Waals surface area contributed by atoms with Crippen molar-refractivity contribution in [2.24, 2.45) is 5.10 Å². The Morgan fingerprint density at radius 2 is 2.09 bits per heavy atom. The molecule has 0 aromatic heterocycles. The highest BCUT2D eigenvalue weighted by atomic mass is 79.9. The van der Waals surface area contributed by atoms with E-state index >= 15 is 0 Å². The molecule has 6 heteroatoms. The summed E-state index contributed by atoms with van der Waals surface area (Å²) in [6, 6.07) is 15.2. The van der Waals surface area contributed by atoms with Crippen LogP contribution in [0.15, 0.2) is 52.0 Å². The van der Waals surface area contributed by atoms with Crippen molar-refractivity contribution in [1.82, 2.24) is 0 Å². The molecule has 0 amide bonds. The number of ether oxygens (including phenoxy) is 2. The zero-order valence-corrected chi connectivity index (χ0v) is 13.5. The van der Waals surface area contributed by atoms with Gasteiger partial charge in [0.05, 0.1) is 23.5 Å². The second kappa shape index (κ2) is 8.05. The van der Waals surface area contributed by atoms with E-state index in [0.717, 1.165) is 11.3 Å². The number of rotatable bonds is 6. The third-order valence-electron chi connectivity index (χ3n) is 2.71. The molecule has 2 rings (SSSR count). The minimum Gasteiger partial charge on any atom is -0.493 e. The van der Waals surface area contributed by atoms with E-state index in [1.807, 2.05) is 42.5 Å². The molecule has 0 aliphatic rings. The zero-order chi connectivity index (χ0) is 15.8. The molecule has 112 valence electrons. The summed E-state index contributed by atoms with van der Waals surface area (Å²) >= 11 is 3.41. The van der Waals surface area contributed by atoms with Crippen LogP contribution in [0, 0.1) is 11.3 Å². The van der Waals surface area contributed by atoms with Crippen LogP contribution in [0.25, 0.3) is 0 Å². The van der Waals surface area contributed by atoms with Crippen molar-refractivity contribution in [2.45, 2.75) is 0 Å². The highest BCUT2D eigenvalue weighted by Gasteiger charge is 2.10.